The fraction of sp³-hybridized carbons (Fsp3) is 0.480. The van der Waals surface area contributed by atoms with Gasteiger partial charge < -0.3 is 4.90 Å². The van der Waals surface area contributed by atoms with Crippen molar-refractivity contribution in [3.05, 3.63) is 62.6 Å². The second kappa shape index (κ2) is 9.36. The van der Waals surface area contributed by atoms with Crippen LogP contribution in [0.15, 0.2) is 46.1 Å². The van der Waals surface area contributed by atoms with Gasteiger partial charge in [-0.2, -0.15) is 4.31 Å². The number of rotatable bonds is 5. The molecule has 11 heteroatoms. The summed E-state index contributed by atoms with van der Waals surface area (Å²) in [5.74, 6) is 0.510. The molecule has 2 aromatic carbocycles. The number of nitrogens with zero attached hydrogens (tertiary/aromatic N) is 5. The van der Waals surface area contributed by atoms with E-state index in [1.165, 1.54) is 44.3 Å². The number of sulfonamides is 1. The molecule has 1 saturated carbocycles. The Labute approximate surface area is 209 Å². The van der Waals surface area contributed by atoms with Crippen molar-refractivity contribution in [1.29, 1.82) is 0 Å². The lowest BCUT2D eigenvalue weighted by molar-refractivity contribution is -0.384. The van der Waals surface area contributed by atoms with E-state index in [2.05, 4.69) is 0 Å². The Balaban J connectivity index is 1.35. The van der Waals surface area contributed by atoms with Crippen LogP contribution in [-0.2, 0) is 24.1 Å². The molecule has 10 nitrogen and oxygen atoms in total. The van der Waals surface area contributed by atoms with Gasteiger partial charge in [-0.3, -0.25) is 19.2 Å². The zero-order chi connectivity index (χ0) is 25.6. The van der Waals surface area contributed by atoms with E-state index in [9.17, 15) is 23.3 Å². The zero-order valence-electron chi connectivity index (χ0n) is 20.6. The molecule has 0 amide bonds. The Hall–Kier alpha value is -3.18. The van der Waals surface area contributed by atoms with Gasteiger partial charge in [0, 0.05) is 46.3 Å². The summed E-state index contributed by atoms with van der Waals surface area (Å²) in [4.78, 5) is 25.8. The zero-order valence-corrected chi connectivity index (χ0v) is 21.4. The SMILES string of the molecule is Cn1c(=O)n(C)c2cc([N+](=O)[O-])c(N3CCN(S(=O)(=O)c4ccc(C5CCCCC5)cc4)CC3)cc21. The summed E-state index contributed by atoms with van der Waals surface area (Å²) in [6, 6.07) is 10.4. The predicted molar refractivity (Wildman–Crippen MR) is 138 cm³/mol. The first-order chi connectivity index (χ1) is 17.2. The van der Waals surface area contributed by atoms with E-state index in [1.807, 2.05) is 17.0 Å². The third kappa shape index (κ3) is 4.20. The van der Waals surface area contributed by atoms with Crippen LogP contribution in [0.5, 0.6) is 0 Å². The second-order valence-electron chi connectivity index (χ2n) is 9.78. The molecule has 1 aliphatic heterocycles. The van der Waals surface area contributed by atoms with Crippen molar-refractivity contribution in [1.82, 2.24) is 13.4 Å². The molecule has 5 rings (SSSR count). The molecular weight excluding hydrogens is 482 g/mol. The lowest BCUT2D eigenvalue weighted by atomic mass is 9.84. The molecule has 0 atom stereocenters. The maximum atomic E-state index is 13.3. The summed E-state index contributed by atoms with van der Waals surface area (Å²) in [6.45, 7) is 1.06. The van der Waals surface area contributed by atoms with Crippen LogP contribution in [0, 0.1) is 10.1 Å². The van der Waals surface area contributed by atoms with Gasteiger partial charge in [0.25, 0.3) is 5.69 Å². The maximum Gasteiger partial charge on any atom is 0.328 e. The minimum atomic E-state index is -3.66. The molecule has 0 N–H and O–H groups in total. The number of piperazine rings is 1. The molecule has 36 heavy (non-hydrogen) atoms. The number of aryl methyl sites for hydroxylation is 2. The molecule has 1 aromatic heterocycles. The van der Waals surface area contributed by atoms with Gasteiger partial charge in [-0.15, -0.1) is 0 Å². The normalized spacial score (nSPS) is 18.1. The molecule has 1 aliphatic carbocycles. The molecule has 3 aromatic rings. The number of hydrogen-bond acceptors (Lipinski definition) is 6. The largest absolute Gasteiger partial charge is 0.363 e. The smallest absolute Gasteiger partial charge is 0.328 e. The number of nitro groups is 1. The van der Waals surface area contributed by atoms with Crippen LogP contribution < -0.4 is 10.6 Å². The monoisotopic (exact) mass is 513 g/mol. The van der Waals surface area contributed by atoms with E-state index in [1.54, 1.807) is 32.3 Å². The van der Waals surface area contributed by atoms with Crippen molar-refractivity contribution in [3.8, 4) is 0 Å². The molecular formula is C25H31N5O5S. The van der Waals surface area contributed by atoms with Crippen molar-refractivity contribution in [2.75, 3.05) is 31.1 Å². The van der Waals surface area contributed by atoms with E-state index < -0.39 is 14.9 Å². The quantitative estimate of drug-likeness (QED) is 0.382. The van der Waals surface area contributed by atoms with Crippen molar-refractivity contribution >= 4 is 32.4 Å². The number of hydrogen-bond donors (Lipinski definition) is 0. The van der Waals surface area contributed by atoms with E-state index in [4.69, 9.17) is 0 Å². The van der Waals surface area contributed by atoms with Crippen LogP contribution in [0.25, 0.3) is 11.0 Å². The first-order valence-corrected chi connectivity index (χ1v) is 13.8. The lowest BCUT2D eigenvalue weighted by Gasteiger charge is -2.35. The topological polar surface area (TPSA) is 111 Å². The number of anilines is 1. The van der Waals surface area contributed by atoms with Crippen molar-refractivity contribution in [2.24, 2.45) is 14.1 Å². The molecule has 1 saturated heterocycles. The number of aromatic nitrogens is 2. The number of fused-ring (bicyclic) bond motifs is 1. The van der Waals surface area contributed by atoms with E-state index in [0.717, 1.165) is 12.8 Å². The van der Waals surface area contributed by atoms with E-state index in [-0.39, 0.29) is 29.4 Å². The van der Waals surface area contributed by atoms with E-state index in [0.29, 0.717) is 35.7 Å². The third-order valence-electron chi connectivity index (χ3n) is 7.74. The molecule has 192 valence electrons. The lowest BCUT2D eigenvalue weighted by Crippen LogP contribution is -2.48. The summed E-state index contributed by atoms with van der Waals surface area (Å²) < 4.78 is 30.9. The Morgan fingerprint density at radius 3 is 2.06 bits per heavy atom. The van der Waals surface area contributed by atoms with Crippen molar-refractivity contribution in [3.63, 3.8) is 0 Å². The maximum absolute atomic E-state index is 13.3. The first kappa shape index (κ1) is 24.5. The molecule has 0 spiro atoms. The minimum absolute atomic E-state index is 0.0988. The van der Waals surface area contributed by atoms with Crippen molar-refractivity contribution in [2.45, 2.75) is 42.9 Å². The Bertz CT molecular complexity index is 1460. The van der Waals surface area contributed by atoms with Gasteiger partial charge in [0.1, 0.15) is 5.69 Å². The molecule has 2 fully saturated rings. The van der Waals surface area contributed by atoms with Gasteiger partial charge in [-0.1, -0.05) is 31.4 Å². The summed E-state index contributed by atoms with van der Waals surface area (Å²) in [6.07, 6.45) is 6.03. The van der Waals surface area contributed by atoms with Gasteiger partial charge in [-0.25, -0.2) is 13.2 Å². The van der Waals surface area contributed by atoms with Gasteiger partial charge in [0.15, 0.2) is 0 Å². The summed E-state index contributed by atoms with van der Waals surface area (Å²) >= 11 is 0. The highest BCUT2D eigenvalue weighted by molar-refractivity contribution is 7.89. The highest BCUT2D eigenvalue weighted by Gasteiger charge is 2.32. The van der Waals surface area contributed by atoms with Crippen LogP contribution in [-0.4, -0.2) is 53.0 Å². The highest BCUT2D eigenvalue weighted by Crippen LogP contribution is 2.35. The van der Waals surface area contributed by atoms with E-state index >= 15 is 0 Å². The predicted octanol–water partition coefficient (Wildman–Crippen LogP) is 3.34. The average Bonchev–Trinajstić information content (AvgIpc) is 3.11. The standard InChI is InChI=1S/C25H31N5O5S/c1-26-21-16-23(24(30(32)33)17-22(21)27(2)25(26)31)28-12-14-29(15-13-28)36(34,35)20-10-8-19(9-11-20)18-6-4-3-5-7-18/h8-11,16-18H,3-7,12-15H2,1-2H3. The van der Waals surface area contributed by atoms with Crippen LogP contribution in [0.2, 0.25) is 0 Å². The average molecular weight is 514 g/mol. The third-order valence-corrected chi connectivity index (χ3v) is 9.65. The van der Waals surface area contributed by atoms with Crippen LogP contribution in [0.1, 0.15) is 43.6 Å². The fourth-order valence-electron chi connectivity index (χ4n) is 5.59. The van der Waals surface area contributed by atoms with Gasteiger partial charge in [0.05, 0.1) is 20.9 Å². The fourth-order valence-corrected chi connectivity index (χ4v) is 7.01. The van der Waals surface area contributed by atoms with Gasteiger partial charge in [0.2, 0.25) is 10.0 Å². The van der Waals surface area contributed by atoms with Crippen LogP contribution in [0.3, 0.4) is 0 Å². The Morgan fingerprint density at radius 2 is 1.47 bits per heavy atom. The van der Waals surface area contributed by atoms with Crippen LogP contribution >= 0.6 is 0 Å². The molecule has 2 aliphatic rings. The van der Waals surface area contributed by atoms with Crippen LogP contribution in [0.4, 0.5) is 11.4 Å². The first-order valence-electron chi connectivity index (χ1n) is 12.4. The van der Waals surface area contributed by atoms with Crippen molar-refractivity contribution < 1.29 is 13.3 Å². The molecule has 0 radical (unpaired) electrons. The Morgan fingerprint density at radius 1 is 0.889 bits per heavy atom. The Kier molecular flexibility index (Phi) is 6.37. The van der Waals surface area contributed by atoms with Gasteiger partial charge >= 0.3 is 5.69 Å². The summed E-state index contributed by atoms with van der Waals surface area (Å²) in [5, 5.41) is 11.8. The number of nitro benzene ring substituents is 1. The summed E-state index contributed by atoms with van der Waals surface area (Å²) in [7, 11) is -0.449. The van der Waals surface area contributed by atoms with Gasteiger partial charge in [-0.05, 0) is 42.5 Å². The molecule has 0 bridgehead atoms. The minimum Gasteiger partial charge on any atom is -0.363 e. The summed E-state index contributed by atoms with van der Waals surface area (Å²) in [5.41, 5.74) is 2.31. The number of benzene rings is 2. The molecule has 2 heterocycles. The molecule has 0 unspecified atom stereocenters. The highest BCUT2D eigenvalue weighted by atomic mass is 32.2. The second-order valence-corrected chi connectivity index (χ2v) is 11.7. The number of imidazole rings is 1.